The molecule has 3 rings (SSSR count). The SMILES string of the molecule is CC(=O)c1c(Cl)c(Cl)cc2[nH]c(-c3ccccc3)c(C(F)(F)F)c12. The van der Waals surface area contributed by atoms with E-state index >= 15 is 0 Å². The van der Waals surface area contributed by atoms with Gasteiger partial charge in [0.15, 0.2) is 5.78 Å². The van der Waals surface area contributed by atoms with Crippen LogP contribution in [0.1, 0.15) is 22.8 Å². The van der Waals surface area contributed by atoms with Crippen LogP contribution in [0, 0.1) is 0 Å². The summed E-state index contributed by atoms with van der Waals surface area (Å²) in [5.41, 5.74) is -0.820. The van der Waals surface area contributed by atoms with Crippen molar-refractivity contribution in [3.8, 4) is 11.3 Å². The van der Waals surface area contributed by atoms with E-state index in [1.165, 1.54) is 6.07 Å². The second-order valence-corrected chi connectivity index (χ2v) is 6.05. The lowest BCUT2D eigenvalue weighted by atomic mass is 9.99. The molecule has 1 aromatic heterocycles. The number of hydrogen-bond donors (Lipinski definition) is 1. The van der Waals surface area contributed by atoms with Gasteiger partial charge in [0.25, 0.3) is 0 Å². The highest BCUT2D eigenvalue weighted by molar-refractivity contribution is 6.45. The first-order chi connectivity index (χ1) is 11.2. The Morgan fingerprint density at radius 3 is 2.29 bits per heavy atom. The molecule has 0 saturated heterocycles. The number of H-pyrrole nitrogens is 1. The van der Waals surface area contributed by atoms with Crippen LogP contribution >= 0.6 is 23.2 Å². The van der Waals surface area contributed by atoms with E-state index in [0.29, 0.717) is 5.56 Å². The Balaban J connectivity index is 2.52. The summed E-state index contributed by atoms with van der Waals surface area (Å²) < 4.78 is 41.3. The Morgan fingerprint density at radius 1 is 1.12 bits per heavy atom. The second kappa shape index (κ2) is 5.83. The van der Waals surface area contributed by atoms with E-state index in [2.05, 4.69) is 4.98 Å². The Bertz CT molecular complexity index is 946. The summed E-state index contributed by atoms with van der Waals surface area (Å²) in [6.07, 6.45) is -4.68. The number of aromatic amines is 1. The van der Waals surface area contributed by atoms with Crippen molar-refractivity contribution in [2.24, 2.45) is 0 Å². The molecule has 1 N–H and O–H groups in total. The van der Waals surface area contributed by atoms with Crippen LogP contribution in [0.5, 0.6) is 0 Å². The van der Waals surface area contributed by atoms with Crippen molar-refractivity contribution in [2.75, 3.05) is 0 Å². The molecule has 3 aromatic rings. The largest absolute Gasteiger partial charge is 0.419 e. The van der Waals surface area contributed by atoms with Crippen LogP contribution < -0.4 is 0 Å². The Morgan fingerprint density at radius 2 is 1.75 bits per heavy atom. The van der Waals surface area contributed by atoms with Crippen LogP contribution in [0.15, 0.2) is 36.4 Å². The second-order valence-electron chi connectivity index (χ2n) is 5.26. The molecular formula is C17H10Cl2F3NO. The number of halogens is 5. The summed E-state index contributed by atoms with van der Waals surface area (Å²) in [5.74, 6) is -0.586. The molecule has 0 aliphatic carbocycles. The van der Waals surface area contributed by atoms with E-state index in [-0.39, 0.29) is 32.2 Å². The Kier molecular flexibility index (Phi) is 4.10. The smallest absolute Gasteiger partial charge is 0.354 e. The highest BCUT2D eigenvalue weighted by Crippen LogP contribution is 2.45. The third-order valence-electron chi connectivity index (χ3n) is 3.68. The molecule has 24 heavy (non-hydrogen) atoms. The molecule has 7 heteroatoms. The number of fused-ring (bicyclic) bond motifs is 1. The summed E-state index contributed by atoms with van der Waals surface area (Å²) in [7, 11) is 0. The molecule has 2 aromatic carbocycles. The van der Waals surface area contributed by atoms with Crippen LogP contribution in [0.25, 0.3) is 22.2 Å². The predicted molar refractivity (Wildman–Crippen MR) is 88.8 cm³/mol. The number of aromatic nitrogens is 1. The van der Waals surface area contributed by atoms with Gasteiger partial charge in [-0.1, -0.05) is 53.5 Å². The summed E-state index contributed by atoms with van der Waals surface area (Å²) >= 11 is 12.0. The monoisotopic (exact) mass is 371 g/mol. The molecule has 0 atom stereocenters. The predicted octanol–water partition coefficient (Wildman–Crippen LogP) is 6.36. The zero-order valence-corrected chi connectivity index (χ0v) is 13.8. The maximum Gasteiger partial charge on any atom is 0.419 e. The van der Waals surface area contributed by atoms with E-state index in [1.807, 2.05) is 0 Å². The quantitative estimate of drug-likeness (QED) is 0.522. The van der Waals surface area contributed by atoms with Crippen LogP contribution in [0.4, 0.5) is 13.2 Å². The molecule has 1 heterocycles. The first-order valence-corrected chi connectivity index (χ1v) is 7.64. The normalized spacial score (nSPS) is 11.9. The van der Waals surface area contributed by atoms with Crippen molar-refractivity contribution in [2.45, 2.75) is 13.1 Å². The molecule has 0 amide bonds. The van der Waals surface area contributed by atoms with E-state index < -0.39 is 17.5 Å². The lowest BCUT2D eigenvalue weighted by molar-refractivity contribution is -0.135. The van der Waals surface area contributed by atoms with Crippen LogP contribution in [-0.4, -0.2) is 10.8 Å². The fourth-order valence-electron chi connectivity index (χ4n) is 2.74. The number of benzene rings is 2. The van der Waals surface area contributed by atoms with Gasteiger partial charge in [0, 0.05) is 16.5 Å². The van der Waals surface area contributed by atoms with Crippen molar-refractivity contribution in [1.29, 1.82) is 0 Å². The van der Waals surface area contributed by atoms with Crippen molar-refractivity contribution < 1.29 is 18.0 Å². The minimum absolute atomic E-state index is 0.0175. The van der Waals surface area contributed by atoms with E-state index in [4.69, 9.17) is 23.2 Å². The molecule has 0 aliphatic rings. The maximum absolute atomic E-state index is 13.8. The first kappa shape index (κ1) is 16.9. The third-order valence-corrected chi connectivity index (χ3v) is 4.46. The van der Waals surface area contributed by atoms with Crippen LogP contribution in [0.3, 0.4) is 0 Å². The van der Waals surface area contributed by atoms with Gasteiger partial charge in [0.1, 0.15) is 0 Å². The van der Waals surface area contributed by atoms with Crippen molar-refractivity contribution >= 4 is 39.9 Å². The van der Waals surface area contributed by atoms with Gasteiger partial charge >= 0.3 is 6.18 Å². The summed E-state index contributed by atoms with van der Waals surface area (Å²) in [5, 5.41) is -0.423. The van der Waals surface area contributed by atoms with Crippen molar-refractivity contribution in [3.63, 3.8) is 0 Å². The Hall–Kier alpha value is -1.98. The van der Waals surface area contributed by atoms with E-state index in [0.717, 1.165) is 6.92 Å². The van der Waals surface area contributed by atoms with Crippen molar-refractivity contribution in [3.05, 3.63) is 57.6 Å². The average molecular weight is 372 g/mol. The van der Waals surface area contributed by atoms with Gasteiger partial charge in [-0.2, -0.15) is 13.2 Å². The van der Waals surface area contributed by atoms with Crippen LogP contribution in [0.2, 0.25) is 10.0 Å². The molecule has 124 valence electrons. The number of ketones is 1. The summed E-state index contributed by atoms with van der Waals surface area (Å²) in [6, 6.07) is 9.37. The van der Waals surface area contributed by atoms with Gasteiger partial charge in [-0.15, -0.1) is 0 Å². The number of nitrogens with one attached hydrogen (secondary N) is 1. The molecule has 0 spiro atoms. The fourth-order valence-corrected chi connectivity index (χ4v) is 3.23. The maximum atomic E-state index is 13.8. The minimum Gasteiger partial charge on any atom is -0.354 e. The molecule has 0 saturated carbocycles. The van der Waals surface area contributed by atoms with Gasteiger partial charge in [0.2, 0.25) is 0 Å². The molecule has 0 radical (unpaired) electrons. The number of carbonyl (C=O) groups excluding carboxylic acids is 1. The molecule has 2 nitrogen and oxygen atoms in total. The van der Waals surface area contributed by atoms with Gasteiger partial charge in [-0.25, -0.2) is 0 Å². The molecule has 0 bridgehead atoms. The highest BCUT2D eigenvalue weighted by atomic mass is 35.5. The number of alkyl halides is 3. The average Bonchev–Trinajstić information content (AvgIpc) is 2.87. The van der Waals surface area contributed by atoms with Gasteiger partial charge < -0.3 is 4.98 Å². The lowest BCUT2D eigenvalue weighted by Crippen LogP contribution is -2.08. The van der Waals surface area contributed by atoms with Gasteiger partial charge in [-0.3, -0.25) is 4.79 Å². The number of hydrogen-bond acceptors (Lipinski definition) is 1. The lowest BCUT2D eigenvalue weighted by Gasteiger charge is -2.11. The number of rotatable bonds is 2. The van der Waals surface area contributed by atoms with E-state index in [9.17, 15) is 18.0 Å². The standard InChI is InChI=1S/C17H10Cl2F3NO/c1-8(24)12-13-11(7-10(18)15(12)19)23-16(14(13)17(20,21)22)9-5-3-2-4-6-9/h2-7,23H,1H3. The summed E-state index contributed by atoms with van der Waals surface area (Å²) in [6.45, 7) is 1.16. The zero-order valence-electron chi connectivity index (χ0n) is 12.3. The number of carbonyl (C=O) groups is 1. The molecule has 0 aliphatic heterocycles. The molecule has 0 unspecified atom stereocenters. The first-order valence-electron chi connectivity index (χ1n) is 6.89. The number of Topliss-reactive ketones (excluding diaryl/α,β-unsaturated/α-hetero) is 1. The third kappa shape index (κ3) is 2.68. The van der Waals surface area contributed by atoms with Crippen LogP contribution in [-0.2, 0) is 6.18 Å². The van der Waals surface area contributed by atoms with E-state index in [1.54, 1.807) is 30.3 Å². The molecule has 0 fully saturated rings. The van der Waals surface area contributed by atoms with Gasteiger partial charge in [-0.05, 0) is 18.6 Å². The topological polar surface area (TPSA) is 32.9 Å². The fraction of sp³-hybridized carbons (Fsp3) is 0.118. The van der Waals surface area contributed by atoms with Gasteiger partial charge in [0.05, 0.1) is 21.3 Å². The summed E-state index contributed by atoms with van der Waals surface area (Å²) in [4.78, 5) is 14.7. The zero-order chi connectivity index (χ0) is 17.6. The Labute approximate surface area is 145 Å². The minimum atomic E-state index is -4.68. The van der Waals surface area contributed by atoms with Crippen molar-refractivity contribution in [1.82, 2.24) is 4.98 Å². The molecular weight excluding hydrogens is 362 g/mol. The highest BCUT2D eigenvalue weighted by Gasteiger charge is 2.39.